The van der Waals surface area contributed by atoms with E-state index in [9.17, 15) is 9.59 Å². The Morgan fingerprint density at radius 3 is 2.90 bits per heavy atom. The zero-order chi connectivity index (χ0) is 21.0. The van der Waals surface area contributed by atoms with Crippen molar-refractivity contribution >= 4 is 17.5 Å². The SMILES string of the molecule is CCc1noc(C)c1C(=O)N1CC[C@]2(C(=O)Nc3ccccc32)[C@@H]1c1nccn1C. The van der Waals surface area contributed by atoms with Gasteiger partial charge in [-0.25, -0.2) is 4.98 Å². The molecule has 1 N–H and O–H groups in total. The Labute approximate surface area is 173 Å². The molecule has 0 bridgehead atoms. The molecule has 2 aliphatic rings. The second-order valence-electron chi connectivity index (χ2n) is 7.93. The van der Waals surface area contributed by atoms with Crippen molar-refractivity contribution in [1.29, 1.82) is 0 Å². The Bertz CT molecular complexity index is 1160. The van der Waals surface area contributed by atoms with Gasteiger partial charge in [0.2, 0.25) is 5.91 Å². The molecule has 1 saturated heterocycles. The van der Waals surface area contributed by atoms with Gasteiger partial charge >= 0.3 is 0 Å². The number of fused-ring (bicyclic) bond motifs is 2. The van der Waals surface area contributed by atoms with E-state index in [1.165, 1.54) is 0 Å². The third-order valence-electron chi connectivity index (χ3n) is 6.43. The van der Waals surface area contributed by atoms with Crippen LogP contribution in [0.2, 0.25) is 0 Å². The number of carbonyl (C=O) groups excluding carboxylic acids is 2. The van der Waals surface area contributed by atoms with Crippen LogP contribution >= 0.6 is 0 Å². The van der Waals surface area contributed by atoms with Crippen molar-refractivity contribution < 1.29 is 14.1 Å². The lowest BCUT2D eigenvalue weighted by molar-refractivity contribution is -0.121. The van der Waals surface area contributed by atoms with Crippen LogP contribution in [0.4, 0.5) is 5.69 Å². The van der Waals surface area contributed by atoms with Crippen LogP contribution in [-0.4, -0.2) is 38.0 Å². The average Bonchev–Trinajstić information content (AvgIpc) is 3.48. The van der Waals surface area contributed by atoms with Crippen molar-refractivity contribution in [2.45, 2.75) is 38.1 Å². The number of aryl methyl sites for hydroxylation is 3. The lowest BCUT2D eigenvalue weighted by Crippen LogP contribution is -2.44. The second-order valence-corrected chi connectivity index (χ2v) is 7.93. The number of imidazole rings is 1. The summed E-state index contributed by atoms with van der Waals surface area (Å²) >= 11 is 0. The van der Waals surface area contributed by atoms with Gasteiger partial charge in [0.05, 0.1) is 5.69 Å². The van der Waals surface area contributed by atoms with Gasteiger partial charge in [-0.1, -0.05) is 30.3 Å². The second kappa shape index (κ2) is 6.55. The van der Waals surface area contributed by atoms with E-state index in [0.29, 0.717) is 42.2 Å². The molecular weight excluding hydrogens is 382 g/mol. The number of amides is 2. The van der Waals surface area contributed by atoms with E-state index in [-0.39, 0.29) is 11.8 Å². The summed E-state index contributed by atoms with van der Waals surface area (Å²) in [6, 6.07) is 7.17. The molecule has 1 spiro atoms. The van der Waals surface area contributed by atoms with E-state index >= 15 is 0 Å². The standard InChI is InChI=1S/C22H23N5O3/c1-4-15-17(13(2)30-25-15)20(28)27-11-9-22(18(27)19-23-10-12-26(19)3)14-7-5-6-8-16(14)24-21(22)29/h5-8,10,12,18H,4,9,11H2,1-3H3,(H,24,29)/t18-,22+/m0/s1. The minimum absolute atomic E-state index is 0.0928. The smallest absolute Gasteiger partial charge is 0.260 e. The quantitative estimate of drug-likeness (QED) is 0.723. The molecule has 3 aromatic rings. The molecule has 30 heavy (non-hydrogen) atoms. The van der Waals surface area contributed by atoms with E-state index in [4.69, 9.17) is 4.52 Å². The highest BCUT2D eigenvalue weighted by atomic mass is 16.5. The predicted octanol–water partition coefficient (Wildman–Crippen LogP) is 2.76. The summed E-state index contributed by atoms with van der Waals surface area (Å²) in [5.74, 6) is 0.907. The summed E-state index contributed by atoms with van der Waals surface area (Å²) in [5.41, 5.74) is 1.94. The van der Waals surface area contributed by atoms with Crippen LogP contribution in [0.5, 0.6) is 0 Å². The Balaban J connectivity index is 1.69. The molecule has 1 aromatic carbocycles. The summed E-state index contributed by atoms with van der Waals surface area (Å²) in [5, 5.41) is 7.07. The van der Waals surface area contributed by atoms with E-state index in [0.717, 1.165) is 11.3 Å². The van der Waals surface area contributed by atoms with Gasteiger partial charge in [0.25, 0.3) is 5.91 Å². The number of para-hydroxylation sites is 1. The van der Waals surface area contributed by atoms with Crippen molar-refractivity contribution in [3.8, 4) is 0 Å². The number of nitrogens with zero attached hydrogens (tertiary/aromatic N) is 4. The van der Waals surface area contributed by atoms with E-state index in [1.807, 2.05) is 49.0 Å². The highest BCUT2D eigenvalue weighted by molar-refractivity contribution is 6.08. The highest BCUT2D eigenvalue weighted by Gasteiger charge is 2.60. The molecule has 8 heteroatoms. The molecule has 0 unspecified atom stereocenters. The molecule has 0 radical (unpaired) electrons. The molecule has 2 atom stereocenters. The number of likely N-dealkylation sites (tertiary alicyclic amines) is 1. The highest BCUT2D eigenvalue weighted by Crippen LogP contribution is 2.54. The third kappa shape index (κ3) is 2.33. The summed E-state index contributed by atoms with van der Waals surface area (Å²) < 4.78 is 7.20. The van der Waals surface area contributed by atoms with Crippen molar-refractivity contribution in [2.75, 3.05) is 11.9 Å². The van der Waals surface area contributed by atoms with Gasteiger partial charge in [-0.2, -0.15) is 0 Å². The maximum Gasteiger partial charge on any atom is 0.260 e. The average molecular weight is 405 g/mol. The molecule has 1 fully saturated rings. The molecule has 2 aliphatic heterocycles. The Kier molecular flexibility index (Phi) is 4.06. The molecule has 4 heterocycles. The van der Waals surface area contributed by atoms with Crippen LogP contribution in [0.1, 0.15) is 52.6 Å². The van der Waals surface area contributed by atoms with Gasteiger partial charge in [-0.05, 0) is 31.4 Å². The number of hydrogen-bond donors (Lipinski definition) is 1. The fourth-order valence-electron chi connectivity index (χ4n) is 4.98. The van der Waals surface area contributed by atoms with Gasteiger partial charge in [0.15, 0.2) is 0 Å². The monoisotopic (exact) mass is 405 g/mol. The third-order valence-corrected chi connectivity index (χ3v) is 6.43. The maximum absolute atomic E-state index is 13.7. The molecule has 0 saturated carbocycles. The number of aromatic nitrogens is 3. The normalized spacial score (nSPS) is 22.6. The van der Waals surface area contributed by atoms with Crippen molar-refractivity contribution in [3.05, 3.63) is 65.1 Å². The fraction of sp³-hybridized carbons (Fsp3) is 0.364. The maximum atomic E-state index is 13.7. The molecule has 0 aliphatic carbocycles. The fourth-order valence-corrected chi connectivity index (χ4v) is 4.98. The first-order chi connectivity index (χ1) is 14.5. The molecule has 8 nitrogen and oxygen atoms in total. The first kappa shape index (κ1) is 18.6. The zero-order valence-electron chi connectivity index (χ0n) is 17.2. The van der Waals surface area contributed by atoms with E-state index in [1.54, 1.807) is 18.0 Å². The van der Waals surface area contributed by atoms with E-state index < -0.39 is 11.5 Å². The van der Waals surface area contributed by atoms with Gasteiger partial charge in [-0.15, -0.1) is 0 Å². The first-order valence-electron chi connectivity index (χ1n) is 10.1. The molecule has 2 amide bonds. The minimum atomic E-state index is -0.886. The number of anilines is 1. The predicted molar refractivity (Wildman–Crippen MR) is 109 cm³/mol. The zero-order valence-corrected chi connectivity index (χ0v) is 17.2. The summed E-state index contributed by atoms with van der Waals surface area (Å²) in [6.45, 7) is 4.13. The Morgan fingerprint density at radius 1 is 1.37 bits per heavy atom. The number of rotatable bonds is 3. The summed E-state index contributed by atoms with van der Waals surface area (Å²) in [7, 11) is 1.89. The number of nitrogens with one attached hydrogen (secondary N) is 1. The number of benzene rings is 1. The van der Waals surface area contributed by atoms with Crippen LogP contribution in [0.3, 0.4) is 0 Å². The molecular formula is C22H23N5O3. The number of hydrogen-bond acceptors (Lipinski definition) is 5. The molecule has 2 aromatic heterocycles. The van der Waals surface area contributed by atoms with Gasteiger partial charge in [-0.3, -0.25) is 9.59 Å². The Hall–Kier alpha value is -3.42. The minimum Gasteiger partial charge on any atom is -0.361 e. The van der Waals surface area contributed by atoms with Gasteiger partial charge in [0.1, 0.15) is 28.6 Å². The van der Waals surface area contributed by atoms with Crippen LogP contribution in [0, 0.1) is 6.92 Å². The number of carbonyl (C=O) groups is 2. The van der Waals surface area contributed by atoms with Gasteiger partial charge < -0.3 is 19.3 Å². The van der Waals surface area contributed by atoms with Gasteiger partial charge in [0, 0.05) is 31.7 Å². The van der Waals surface area contributed by atoms with Crippen molar-refractivity contribution in [1.82, 2.24) is 19.6 Å². The largest absolute Gasteiger partial charge is 0.361 e. The van der Waals surface area contributed by atoms with Crippen LogP contribution < -0.4 is 5.32 Å². The van der Waals surface area contributed by atoms with Crippen molar-refractivity contribution in [2.24, 2.45) is 7.05 Å². The lowest BCUT2D eigenvalue weighted by atomic mass is 9.74. The van der Waals surface area contributed by atoms with Crippen LogP contribution in [0.25, 0.3) is 0 Å². The molecule has 5 rings (SSSR count). The lowest BCUT2D eigenvalue weighted by Gasteiger charge is -2.33. The topological polar surface area (TPSA) is 93.3 Å². The molecule has 154 valence electrons. The van der Waals surface area contributed by atoms with Crippen molar-refractivity contribution in [3.63, 3.8) is 0 Å². The first-order valence-corrected chi connectivity index (χ1v) is 10.1. The summed E-state index contributed by atoms with van der Waals surface area (Å²) in [4.78, 5) is 33.5. The summed E-state index contributed by atoms with van der Waals surface area (Å²) in [6.07, 6.45) is 4.65. The van der Waals surface area contributed by atoms with Crippen LogP contribution in [-0.2, 0) is 23.7 Å². The Morgan fingerprint density at radius 2 is 2.17 bits per heavy atom. The van der Waals surface area contributed by atoms with E-state index in [2.05, 4.69) is 15.5 Å². The van der Waals surface area contributed by atoms with Crippen LogP contribution in [0.15, 0.2) is 41.2 Å².